The fourth-order valence-electron chi connectivity index (χ4n) is 2.97. The lowest BCUT2D eigenvalue weighted by Crippen LogP contribution is -2.34. The van der Waals surface area contributed by atoms with Crippen molar-refractivity contribution in [3.05, 3.63) is 76.5 Å². The van der Waals surface area contributed by atoms with Crippen molar-refractivity contribution in [3.63, 3.8) is 0 Å². The van der Waals surface area contributed by atoms with E-state index >= 15 is 0 Å². The molecule has 1 N–H and O–H groups in total. The number of hydrogen-bond acceptors (Lipinski definition) is 4. The molecule has 0 bridgehead atoms. The van der Waals surface area contributed by atoms with E-state index in [0.717, 1.165) is 11.3 Å². The fourth-order valence-corrected chi connectivity index (χ4v) is 3.29. The van der Waals surface area contributed by atoms with Crippen LogP contribution >= 0.6 is 11.6 Å². The van der Waals surface area contributed by atoms with E-state index in [0.29, 0.717) is 29.5 Å². The number of aromatic nitrogens is 2. The molecule has 0 aliphatic rings. The van der Waals surface area contributed by atoms with Gasteiger partial charge in [0, 0.05) is 6.54 Å². The SMILES string of the molecule is Cc1nn(Cc2ccccc2)c(Cl)c1C(=O)NCC(c1ccco1)N(C)C. The van der Waals surface area contributed by atoms with E-state index in [4.69, 9.17) is 16.0 Å². The first kappa shape index (κ1) is 19.2. The lowest BCUT2D eigenvalue weighted by atomic mass is 10.2. The normalized spacial score (nSPS) is 12.3. The van der Waals surface area contributed by atoms with Crippen molar-refractivity contribution in [1.82, 2.24) is 20.0 Å². The first-order valence-corrected chi connectivity index (χ1v) is 9.10. The summed E-state index contributed by atoms with van der Waals surface area (Å²) < 4.78 is 7.13. The molecular weight excluding hydrogens is 364 g/mol. The zero-order valence-corrected chi connectivity index (χ0v) is 16.4. The summed E-state index contributed by atoms with van der Waals surface area (Å²) in [7, 11) is 3.88. The van der Waals surface area contributed by atoms with Crippen LogP contribution in [0.4, 0.5) is 0 Å². The van der Waals surface area contributed by atoms with E-state index in [1.807, 2.05) is 61.5 Å². The summed E-state index contributed by atoms with van der Waals surface area (Å²) in [5.41, 5.74) is 2.08. The fraction of sp³-hybridized carbons (Fsp3) is 0.300. The molecule has 3 rings (SSSR count). The third-order valence-electron chi connectivity index (χ3n) is 4.42. The first-order valence-electron chi connectivity index (χ1n) is 8.72. The van der Waals surface area contributed by atoms with Crippen LogP contribution in [0.25, 0.3) is 0 Å². The van der Waals surface area contributed by atoms with Crippen LogP contribution in [0.5, 0.6) is 0 Å². The Bertz CT molecular complexity index is 888. The number of nitrogens with zero attached hydrogens (tertiary/aromatic N) is 3. The number of benzene rings is 1. The minimum absolute atomic E-state index is 0.0672. The largest absolute Gasteiger partial charge is 0.468 e. The molecule has 0 saturated heterocycles. The van der Waals surface area contributed by atoms with Crippen molar-refractivity contribution in [2.45, 2.75) is 19.5 Å². The smallest absolute Gasteiger partial charge is 0.256 e. The van der Waals surface area contributed by atoms with Gasteiger partial charge in [0.05, 0.1) is 30.1 Å². The van der Waals surface area contributed by atoms with E-state index in [9.17, 15) is 4.79 Å². The number of halogens is 1. The summed E-state index contributed by atoms with van der Waals surface area (Å²) in [6, 6.07) is 13.5. The molecule has 1 unspecified atom stereocenters. The van der Waals surface area contributed by atoms with Gasteiger partial charge in [-0.2, -0.15) is 5.10 Å². The standard InChI is InChI=1S/C20H23ClN4O2/c1-14-18(19(21)25(23-14)13-15-8-5-4-6-9-15)20(26)22-12-16(24(2)3)17-10-7-11-27-17/h4-11,16H,12-13H2,1-3H3,(H,22,26). The Morgan fingerprint density at radius 2 is 2.00 bits per heavy atom. The maximum absolute atomic E-state index is 12.8. The van der Waals surface area contributed by atoms with E-state index < -0.39 is 0 Å². The second-order valence-corrected chi connectivity index (χ2v) is 6.96. The molecule has 7 heteroatoms. The number of aryl methyl sites for hydroxylation is 1. The molecule has 1 aromatic carbocycles. The molecule has 3 aromatic rings. The number of nitrogens with one attached hydrogen (secondary N) is 1. The predicted molar refractivity (Wildman–Crippen MR) is 105 cm³/mol. The highest BCUT2D eigenvalue weighted by atomic mass is 35.5. The highest BCUT2D eigenvalue weighted by Gasteiger charge is 2.23. The van der Waals surface area contributed by atoms with Gasteiger partial charge in [-0.25, -0.2) is 4.68 Å². The average Bonchev–Trinajstić information content (AvgIpc) is 3.25. The highest BCUT2D eigenvalue weighted by Crippen LogP contribution is 2.22. The summed E-state index contributed by atoms with van der Waals surface area (Å²) in [4.78, 5) is 14.7. The molecule has 2 aromatic heterocycles. The zero-order chi connectivity index (χ0) is 19.4. The van der Waals surface area contributed by atoms with Gasteiger partial charge in [-0.05, 0) is 38.7 Å². The van der Waals surface area contributed by atoms with Crippen molar-refractivity contribution in [2.24, 2.45) is 0 Å². The number of rotatable bonds is 7. The summed E-state index contributed by atoms with van der Waals surface area (Å²) in [6.45, 7) is 2.71. The second-order valence-electron chi connectivity index (χ2n) is 6.60. The third kappa shape index (κ3) is 4.40. The van der Waals surface area contributed by atoms with Crippen LogP contribution in [0.2, 0.25) is 5.15 Å². The molecule has 1 amide bonds. The molecule has 2 heterocycles. The first-order chi connectivity index (χ1) is 13.0. The van der Waals surface area contributed by atoms with E-state index in [-0.39, 0.29) is 11.9 Å². The average molecular weight is 387 g/mol. The minimum atomic E-state index is -0.241. The van der Waals surface area contributed by atoms with Gasteiger partial charge >= 0.3 is 0 Å². The lowest BCUT2D eigenvalue weighted by molar-refractivity contribution is 0.0938. The van der Waals surface area contributed by atoms with Crippen LogP contribution in [0, 0.1) is 6.92 Å². The minimum Gasteiger partial charge on any atom is -0.468 e. The van der Waals surface area contributed by atoms with Crippen LogP contribution in [-0.4, -0.2) is 41.2 Å². The van der Waals surface area contributed by atoms with Gasteiger partial charge in [0.2, 0.25) is 0 Å². The van der Waals surface area contributed by atoms with Gasteiger partial charge in [0.15, 0.2) is 0 Å². The van der Waals surface area contributed by atoms with Crippen molar-refractivity contribution >= 4 is 17.5 Å². The summed E-state index contributed by atoms with van der Waals surface area (Å²) in [5.74, 6) is 0.554. The maximum atomic E-state index is 12.8. The van der Waals surface area contributed by atoms with Gasteiger partial charge < -0.3 is 9.73 Å². The van der Waals surface area contributed by atoms with Crippen LogP contribution in [0.3, 0.4) is 0 Å². The third-order valence-corrected chi connectivity index (χ3v) is 4.80. The molecule has 142 valence electrons. The molecule has 0 saturated carbocycles. The van der Waals surface area contributed by atoms with Gasteiger partial charge in [-0.3, -0.25) is 9.69 Å². The van der Waals surface area contributed by atoms with Gasteiger partial charge in [0.25, 0.3) is 5.91 Å². The Morgan fingerprint density at radius 3 is 2.63 bits per heavy atom. The molecule has 6 nitrogen and oxygen atoms in total. The molecule has 0 fully saturated rings. The number of amides is 1. The van der Waals surface area contributed by atoms with Crippen LogP contribution in [0.15, 0.2) is 53.1 Å². The molecule has 1 atom stereocenters. The number of carbonyl (C=O) groups excluding carboxylic acids is 1. The van der Waals surface area contributed by atoms with Gasteiger partial charge in [-0.15, -0.1) is 0 Å². The van der Waals surface area contributed by atoms with Crippen molar-refractivity contribution < 1.29 is 9.21 Å². The van der Waals surface area contributed by atoms with Crippen LogP contribution in [-0.2, 0) is 6.54 Å². The number of furan rings is 1. The molecule has 0 radical (unpaired) electrons. The van der Waals surface area contributed by atoms with Crippen LogP contribution < -0.4 is 5.32 Å². The molecule has 0 aliphatic carbocycles. The Balaban J connectivity index is 1.73. The maximum Gasteiger partial charge on any atom is 0.256 e. The molecule has 0 aliphatic heterocycles. The Labute approximate surface area is 163 Å². The Kier molecular flexibility index (Phi) is 5.98. The topological polar surface area (TPSA) is 63.3 Å². The number of likely N-dealkylation sites (N-methyl/N-ethyl adjacent to an activating group) is 1. The van der Waals surface area contributed by atoms with Gasteiger partial charge in [0.1, 0.15) is 10.9 Å². The molecular formula is C20H23ClN4O2. The van der Waals surface area contributed by atoms with E-state index in [2.05, 4.69) is 10.4 Å². The van der Waals surface area contributed by atoms with Crippen molar-refractivity contribution in [1.29, 1.82) is 0 Å². The van der Waals surface area contributed by atoms with Crippen molar-refractivity contribution in [2.75, 3.05) is 20.6 Å². The summed E-state index contributed by atoms with van der Waals surface area (Å²) in [6.07, 6.45) is 1.63. The molecule has 27 heavy (non-hydrogen) atoms. The summed E-state index contributed by atoms with van der Waals surface area (Å²) >= 11 is 6.46. The van der Waals surface area contributed by atoms with E-state index in [1.54, 1.807) is 17.9 Å². The number of carbonyl (C=O) groups is 1. The van der Waals surface area contributed by atoms with Crippen LogP contribution in [0.1, 0.15) is 33.4 Å². The zero-order valence-electron chi connectivity index (χ0n) is 15.6. The quantitative estimate of drug-likeness (QED) is 0.674. The highest BCUT2D eigenvalue weighted by molar-refractivity contribution is 6.33. The molecule has 0 spiro atoms. The second kappa shape index (κ2) is 8.41. The summed E-state index contributed by atoms with van der Waals surface area (Å²) in [5, 5.41) is 7.72. The monoisotopic (exact) mass is 386 g/mol. The lowest BCUT2D eigenvalue weighted by Gasteiger charge is -2.22. The Hall–Kier alpha value is -2.57. The Morgan fingerprint density at radius 1 is 1.26 bits per heavy atom. The van der Waals surface area contributed by atoms with E-state index in [1.165, 1.54) is 0 Å². The number of hydrogen-bond donors (Lipinski definition) is 1. The van der Waals surface area contributed by atoms with Crippen molar-refractivity contribution in [3.8, 4) is 0 Å². The van der Waals surface area contributed by atoms with Gasteiger partial charge in [-0.1, -0.05) is 41.9 Å². The predicted octanol–water partition coefficient (Wildman–Crippen LogP) is 3.52.